The fourth-order valence-corrected chi connectivity index (χ4v) is 3.10. The smallest absolute Gasteiger partial charge is 0.322 e. The van der Waals surface area contributed by atoms with Crippen molar-refractivity contribution in [1.29, 1.82) is 0 Å². The largest absolute Gasteiger partial charge is 0.407 e. The number of nitrogens with zero attached hydrogens (tertiary/aromatic N) is 2. The number of anilines is 1. The van der Waals surface area contributed by atoms with Crippen LogP contribution in [-0.4, -0.2) is 21.9 Å². The maximum absolute atomic E-state index is 12.0. The standard InChI is InChI=1S/C20H21N3O2S/c1-13-4-8-17(9-5-13)26-12-18(24)21-20-23-22-19(25-20)11-16-7-6-14(2)15(3)10-16/h4-10H,11-12H2,1-3H3,(H,21,23,24). The normalized spacial score (nSPS) is 10.7. The molecule has 0 spiro atoms. The number of hydrogen-bond donors (Lipinski definition) is 1. The number of carbonyl (C=O) groups excluding carboxylic acids is 1. The van der Waals surface area contributed by atoms with E-state index in [-0.39, 0.29) is 17.7 Å². The van der Waals surface area contributed by atoms with Gasteiger partial charge in [-0.1, -0.05) is 41.0 Å². The van der Waals surface area contributed by atoms with Gasteiger partial charge in [0.05, 0.1) is 12.2 Å². The summed E-state index contributed by atoms with van der Waals surface area (Å²) in [5.41, 5.74) is 4.77. The van der Waals surface area contributed by atoms with Gasteiger partial charge in [-0.3, -0.25) is 10.1 Å². The Morgan fingerprint density at radius 1 is 1.04 bits per heavy atom. The predicted octanol–water partition coefficient (Wildman–Crippen LogP) is 4.32. The quantitative estimate of drug-likeness (QED) is 0.657. The van der Waals surface area contributed by atoms with Crippen molar-refractivity contribution in [2.45, 2.75) is 32.1 Å². The third-order valence-corrected chi connectivity index (χ3v) is 5.04. The third kappa shape index (κ3) is 4.95. The number of rotatable bonds is 6. The van der Waals surface area contributed by atoms with E-state index in [2.05, 4.69) is 41.5 Å². The summed E-state index contributed by atoms with van der Waals surface area (Å²) in [5, 5.41) is 10.6. The van der Waals surface area contributed by atoms with E-state index in [0.29, 0.717) is 12.3 Å². The Labute approximate surface area is 157 Å². The van der Waals surface area contributed by atoms with Gasteiger partial charge in [-0.15, -0.1) is 16.9 Å². The molecule has 0 fully saturated rings. The van der Waals surface area contributed by atoms with Gasteiger partial charge in [-0.25, -0.2) is 0 Å². The lowest BCUT2D eigenvalue weighted by molar-refractivity contribution is -0.113. The van der Waals surface area contributed by atoms with Crippen LogP contribution < -0.4 is 5.32 Å². The first-order valence-corrected chi connectivity index (χ1v) is 9.36. The summed E-state index contributed by atoms with van der Waals surface area (Å²) in [7, 11) is 0. The molecule has 3 aromatic rings. The molecule has 0 aliphatic rings. The van der Waals surface area contributed by atoms with Crippen molar-refractivity contribution in [2.75, 3.05) is 11.1 Å². The Kier molecular flexibility index (Phi) is 5.73. The summed E-state index contributed by atoms with van der Waals surface area (Å²) in [4.78, 5) is 13.1. The number of amides is 1. The molecule has 2 aromatic carbocycles. The molecule has 0 aliphatic carbocycles. The lowest BCUT2D eigenvalue weighted by Gasteiger charge is -2.03. The van der Waals surface area contributed by atoms with Crippen LogP contribution in [0, 0.1) is 20.8 Å². The Morgan fingerprint density at radius 3 is 2.54 bits per heavy atom. The van der Waals surface area contributed by atoms with Crippen molar-refractivity contribution < 1.29 is 9.21 Å². The summed E-state index contributed by atoms with van der Waals surface area (Å²) in [5.74, 6) is 0.601. The topological polar surface area (TPSA) is 68.0 Å². The van der Waals surface area contributed by atoms with Crippen LogP contribution in [0.25, 0.3) is 0 Å². The highest BCUT2D eigenvalue weighted by atomic mass is 32.2. The highest BCUT2D eigenvalue weighted by Crippen LogP contribution is 2.19. The number of nitrogens with one attached hydrogen (secondary N) is 1. The van der Waals surface area contributed by atoms with E-state index in [0.717, 1.165) is 10.5 Å². The highest BCUT2D eigenvalue weighted by molar-refractivity contribution is 8.00. The second-order valence-corrected chi connectivity index (χ2v) is 7.29. The summed E-state index contributed by atoms with van der Waals surface area (Å²) in [6.45, 7) is 6.18. The first kappa shape index (κ1) is 18.2. The van der Waals surface area contributed by atoms with E-state index in [1.165, 1.54) is 28.5 Å². The zero-order valence-corrected chi connectivity index (χ0v) is 15.9. The van der Waals surface area contributed by atoms with Gasteiger partial charge in [0.25, 0.3) is 0 Å². The second kappa shape index (κ2) is 8.19. The molecule has 1 heterocycles. The molecule has 1 aromatic heterocycles. The van der Waals surface area contributed by atoms with Crippen LogP contribution >= 0.6 is 11.8 Å². The van der Waals surface area contributed by atoms with Crippen molar-refractivity contribution in [3.8, 4) is 0 Å². The maximum atomic E-state index is 12.0. The number of hydrogen-bond acceptors (Lipinski definition) is 5. The van der Waals surface area contributed by atoms with Gasteiger partial charge in [0.15, 0.2) is 0 Å². The average molecular weight is 367 g/mol. The number of benzene rings is 2. The molecule has 0 atom stereocenters. The van der Waals surface area contributed by atoms with Crippen LogP contribution in [0.5, 0.6) is 0 Å². The zero-order valence-electron chi connectivity index (χ0n) is 15.1. The molecule has 0 saturated carbocycles. The van der Waals surface area contributed by atoms with Gasteiger partial charge < -0.3 is 4.42 Å². The molecule has 134 valence electrons. The van der Waals surface area contributed by atoms with Gasteiger partial charge in [-0.2, -0.15) is 0 Å². The lowest BCUT2D eigenvalue weighted by atomic mass is 10.0. The minimum Gasteiger partial charge on any atom is -0.407 e. The highest BCUT2D eigenvalue weighted by Gasteiger charge is 2.11. The Hall–Kier alpha value is -2.60. The van der Waals surface area contributed by atoms with Gasteiger partial charge in [0.1, 0.15) is 0 Å². The van der Waals surface area contributed by atoms with Crippen molar-refractivity contribution in [3.63, 3.8) is 0 Å². The Morgan fingerprint density at radius 2 is 1.81 bits per heavy atom. The molecule has 1 N–H and O–H groups in total. The van der Waals surface area contributed by atoms with Crippen LogP contribution in [0.3, 0.4) is 0 Å². The SMILES string of the molecule is Cc1ccc(SCC(=O)Nc2nnc(Cc3ccc(C)c(C)c3)o2)cc1. The van der Waals surface area contributed by atoms with E-state index < -0.39 is 0 Å². The molecule has 0 radical (unpaired) electrons. The summed E-state index contributed by atoms with van der Waals surface area (Å²) < 4.78 is 5.53. The molecular formula is C20H21N3O2S. The summed E-state index contributed by atoms with van der Waals surface area (Å²) >= 11 is 1.47. The molecule has 26 heavy (non-hydrogen) atoms. The molecule has 0 aliphatic heterocycles. The molecule has 0 unspecified atom stereocenters. The van der Waals surface area contributed by atoms with Crippen molar-refractivity contribution in [3.05, 3.63) is 70.6 Å². The fourth-order valence-electron chi connectivity index (χ4n) is 2.40. The van der Waals surface area contributed by atoms with Crippen LogP contribution in [0.4, 0.5) is 6.01 Å². The molecular weight excluding hydrogens is 346 g/mol. The van der Waals surface area contributed by atoms with E-state index in [4.69, 9.17) is 4.42 Å². The number of aromatic nitrogens is 2. The molecule has 0 saturated heterocycles. The van der Waals surface area contributed by atoms with Crippen molar-refractivity contribution in [2.24, 2.45) is 0 Å². The number of carbonyl (C=O) groups is 1. The number of aryl methyl sites for hydroxylation is 3. The summed E-state index contributed by atoms with van der Waals surface area (Å²) in [6, 6.07) is 14.4. The van der Waals surface area contributed by atoms with Gasteiger partial charge in [-0.05, 0) is 49.6 Å². The van der Waals surface area contributed by atoms with E-state index in [9.17, 15) is 4.79 Å². The monoisotopic (exact) mass is 367 g/mol. The molecule has 5 nitrogen and oxygen atoms in total. The van der Waals surface area contributed by atoms with Crippen LogP contribution in [-0.2, 0) is 11.2 Å². The predicted molar refractivity (Wildman–Crippen MR) is 104 cm³/mol. The molecule has 1 amide bonds. The van der Waals surface area contributed by atoms with Gasteiger partial charge in [0.2, 0.25) is 11.8 Å². The minimum absolute atomic E-state index is 0.137. The van der Waals surface area contributed by atoms with E-state index >= 15 is 0 Å². The summed E-state index contributed by atoms with van der Waals surface area (Å²) in [6.07, 6.45) is 0.544. The van der Waals surface area contributed by atoms with Crippen LogP contribution in [0.2, 0.25) is 0 Å². The van der Waals surface area contributed by atoms with Crippen LogP contribution in [0.15, 0.2) is 51.8 Å². The molecule has 3 rings (SSSR count). The first-order valence-electron chi connectivity index (χ1n) is 8.37. The first-order chi connectivity index (χ1) is 12.5. The minimum atomic E-state index is -0.169. The van der Waals surface area contributed by atoms with E-state index in [1.54, 1.807) is 0 Å². The Bertz CT molecular complexity index is 904. The zero-order chi connectivity index (χ0) is 18.5. The van der Waals surface area contributed by atoms with Crippen molar-refractivity contribution in [1.82, 2.24) is 10.2 Å². The average Bonchev–Trinajstić information content (AvgIpc) is 3.04. The van der Waals surface area contributed by atoms with Gasteiger partial charge >= 0.3 is 6.01 Å². The second-order valence-electron chi connectivity index (χ2n) is 6.25. The molecule has 6 heteroatoms. The van der Waals surface area contributed by atoms with Gasteiger partial charge in [0, 0.05) is 4.90 Å². The Balaban J connectivity index is 1.53. The number of thioether (sulfide) groups is 1. The third-order valence-electron chi connectivity index (χ3n) is 4.03. The van der Waals surface area contributed by atoms with E-state index in [1.807, 2.05) is 37.3 Å². The van der Waals surface area contributed by atoms with Crippen LogP contribution in [0.1, 0.15) is 28.1 Å². The maximum Gasteiger partial charge on any atom is 0.322 e. The van der Waals surface area contributed by atoms with Crippen molar-refractivity contribution >= 4 is 23.7 Å². The lowest BCUT2D eigenvalue weighted by Crippen LogP contribution is -2.14. The fraction of sp³-hybridized carbons (Fsp3) is 0.250. The molecule has 0 bridgehead atoms.